The minimum Gasteiger partial charge on any atom is -0.494 e. The molecule has 6 nitrogen and oxygen atoms in total. The Morgan fingerprint density at radius 3 is 2.42 bits per heavy atom. The van der Waals surface area contributed by atoms with Gasteiger partial charge in [-0.2, -0.15) is 0 Å². The first-order valence-corrected chi connectivity index (χ1v) is 12.1. The monoisotopic (exact) mass is 481 g/mol. The van der Waals surface area contributed by atoms with E-state index in [2.05, 4.69) is 0 Å². The molecule has 1 aromatic heterocycles. The molecule has 2 heterocycles. The normalized spacial score (nSPS) is 14.8. The molecule has 0 saturated carbocycles. The summed E-state index contributed by atoms with van der Waals surface area (Å²) in [6.07, 6.45) is 0.859. The zero-order valence-corrected chi connectivity index (χ0v) is 20.8. The molecule has 1 atom stereocenters. The molecule has 6 heteroatoms. The molecule has 1 unspecified atom stereocenters. The Hall–Kier alpha value is -4.19. The topological polar surface area (TPSA) is 76.8 Å². The van der Waals surface area contributed by atoms with E-state index in [4.69, 9.17) is 9.15 Å². The summed E-state index contributed by atoms with van der Waals surface area (Å²) >= 11 is 0. The fourth-order valence-electron chi connectivity index (χ4n) is 4.66. The van der Waals surface area contributed by atoms with E-state index in [-0.39, 0.29) is 17.0 Å². The number of benzene rings is 3. The second kappa shape index (κ2) is 9.11. The molecular formula is C30H27NO5. The highest BCUT2D eigenvalue weighted by atomic mass is 16.5. The van der Waals surface area contributed by atoms with E-state index in [1.165, 1.54) is 6.92 Å². The van der Waals surface area contributed by atoms with E-state index in [0.29, 0.717) is 40.1 Å². The van der Waals surface area contributed by atoms with Gasteiger partial charge in [0.25, 0.3) is 5.91 Å². The maximum atomic E-state index is 13.9. The van der Waals surface area contributed by atoms with Crippen LogP contribution in [0.1, 0.15) is 69.5 Å². The number of rotatable bonds is 6. The molecular weight excluding hydrogens is 454 g/mol. The molecule has 1 aliphatic rings. The number of ether oxygens (including phenoxy) is 1. The maximum Gasteiger partial charge on any atom is 0.295 e. The van der Waals surface area contributed by atoms with Gasteiger partial charge in [0.1, 0.15) is 11.3 Å². The molecule has 0 aliphatic carbocycles. The summed E-state index contributed by atoms with van der Waals surface area (Å²) in [7, 11) is 0. The van der Waals surface area contributed by atoms with E-state index in [1.54, 1.807) is 35.2 Å². The van der Waals surface area contributed by atoms with Crippen LogP contribution in [0.4, 0.5) is 5.69 Å². The van der Waals surface area contributed by atoms with Crippen molar-refractivity contribution in [2.75, 3.05) is 11.5 Å². The van der Waals surface area contributed by atoms with Crippen molar-refractivity contribution in [3.63, 3.8) is 0 Å². The van der Waals surface area contributed by atoms with Crippen molar-refractivity contribution >= 4 is 28.3 Å². The highest BCUT2D eigenvalue weighted by Gasteiger charge is 2.43. The Kier molecular flexibility index (Phi) is 5.96. The summed E-state index contributed by atoms with van der Waals surface area (Å²) in [5.74, 6) is 0.237. The number of carbonyl (C=O) groups is 2. The van der Waals surface area contributed by atoms with Crippen LogP contribution in [-0.4, -0.2) is 18.3 Å². The molecule has 0 spiro atoms. The van der Waals surface area contributed by atoms with Gasteiger partial charge in [-0.25, -0.2) is 0 Å². The quantitative estimate of drug-likeness (QED) is 0.309. The van der Waals surface area contributed by atoms with Crippen molar-refractivity contribution < 1.29 is 18.7 Å². The first-order valence-electron chi connectivity index (χ1n) is 12.1. The number of amides is 1. The number of anilines is 1. The average molecular weight is 482 g/mol. The Morgan fingerprint density at radius 2 is 1.72 bits per heavy atom. The van der Waals surface area contributed by atoms with E-state index in [0.717, 1.165) is 23.1 Å². The largest absolute Gasteiger partial charge is 0.494 e. The van der Waals surface area contributed by atoms with Crippen LogP contribution in [0.3, 0.4) is 0 Å². The van der Waals surface area contributed by atoms with Gasteiger partial charge in [0.15, 0.2) is 11.2 Å². The Labute approximate surface area is 209 Å². The summed E-state index contributed by atoms with van der Waals surface area (Å²) in [6.45, 7) is 7.97. The van der Waals surface area contributed by atoms with Gasteiger partial charge < -0.3 is 9.15 Å². The van der Waals surface area contributed by atoms with E-state index in [1.807, 2.05) is 51.1 Å². The van der Waals surface area contributed by atoms with Crippen molar-refractivity contribution in [3.05, 3.63) is 104 Å². The van der Waals surface area contributed by atoms with Crippen molar-refractivity contribution in [1.82, 2.24) is 0 Å². The van der Waals surface area contributed by atoms with Crippen molar-refractivity contribution in [1.29, 1.82) is 0 Å². The van der Waals surface area contributed by atoms with Crippen LogP contribution in [-0.2, 0) is 0 Å². The van der Waals surface area contributed by atoms with Crippen LogP contribution in [0, 0.1) is 13.8 Å². The fraction of sp³-hybridized carbons (Fsp3) is 0.233. The minimum atomic E-state index is -0.705. The lowest BCUT2D eigenvalue weighted by Crippen LogP contribution is -2.29. The van der Waals surface area contributed by atoms with Gasteiger partial charge in [-0.1, -0.05) is 19.1 Å². The Morgan fingerprint density at radius 1 is 1.00 bits per heavy atom. The number of ketones is 1. The van der Waals surface area contributed by atoms with Gasteiger partial charge >= 0.3 is 0 Å². The van der Waals surface area contributed by atoms with Crippen LogP contribution in [0.15, 0.2) is 69.9 Å². The van der Waals surface area contributed by atoms with Gasteiger partial charge in [0, 0.05) is 11.3 Å². The first kappa shape index (κ1) is 23.5. The molecule has 1 aliphatic heterocycles. The third-order valence-corrected chi connectivity index (χ3v) is 6.69. The predicted octanol–water partition coefficient (Wildman–Crippen LogP) is 6.15. The van der Waals surface area contributed by atoms with Crippen LogP contribution in [0.2, 0.25) is 0 Å². The Balaban J connectivity index is 1.75. The summed E-state index contributed by atoms with van der Waals surface area (Å²) in [4.78, 5) is 41.1. The molecule has 5 rings (SSSR count). The smallest absolute Gasteiger partial charge is 0.295 e. The summed E-state index contributed by atoms with van der Waals surface area (Å²) in [5.41, 5.74) is 4.27. The number of hydrogen-bond acceptors (Lipinski definition) is 5. The zero-order chi connectivity index (χ0) is 25.6. The summed E-state index contributed by atoms with van der Waals surface area (Å²) < 4.78 is 12.0. The molecule has 0 bridgehead atoms. The van der Waals surface area contributed by atoms with Gasteiger partial charge in [-0.3, -0.25) is 19.3 Å². The minimum absolute atomic E-state index is 0.0382. The van der Waals surface area contributed by atoms with Crippen LogP contribution >= 0.6 is 0 Å². The summed E-state index contributed by atoms with van der Waals surface area (Å²) in [5, 5.41) is 0.446. The number of Topliss-reactive ketones (excluding diaryl/α,β-unsaturated/α-hetero) is 1. The second-order valence-electron chi connectivity index (χ2n) is 9.21. The molecule has 0 fully saturated rings. The van der Waals surface area contributed by atoms with Crippen molar-refractivity contribution in [2.24, 2.45) is 0 Å². The molecule has 182 valence electrons. The molecule has 0 radical (unpaired) electrons. The third kappa shape index (κ3) is 3.88. The number of carbonyl (C=O) groups excluding carboxylic acids is 2. The van der Waals surface area contributed by atoms with Crippen molar-refractivity contribution in [2.45, 2.75) is 40.2 Å². The van der Waals surface area contributed by atoms with E-state index in [9.17, 15) is 14.4 Å². The SMILES string of the molecule is CCCOc1cccc(C2c3c(oc4cc(C)c(C)cc4c3=O)C(=O)N2c2ccc(C(C)=O)cc2)c1. The molecule has 0 N–H and O–H groups in total. The number of hydrogen-bond donors (Lipinski definition) is 0. The molecule has 36 heavy (non-hydrogen) atoms. The van der Waals surface area contributed by atoms with Gasteiger partial charge in [-0.05, 0) is 92.4 Å². The first-order chi connectivity index (χ1) is 17.3. The molecule has 4 aromatic rings. The Bertz CT molecular complexity index is 1570. The lowest BCUT2D eigenvalue weighted by molar-refractivity contribution is 0.0970. The predicted molar refractivity (Wildman–Crippen MR) is 139 cm³/mol. The maximum absolute atomic E-state index is 13.9. The van der Waals surface area contributed by atoms with Gasteiger partial charge in [-0.15, -0.1) is 0 Å². The van der Waals surface area contributed by atoms with Gasteiger partial charge in [0.2, 0.25) is 5.76 Å². The second-order valence-corrected chi connectivity index (χ2v) is 9.21. The lowest BCUT2D eigenvalue weighted by atomic mass is 9.97. The molecule has 3 aromatic carbocycles. The average Bonchev–Trinajstić information content (AvgIpc) is 3.16. The molecule has 1 amide bonds. The lowest BCUT2D eigenvalue weighted by Gasteiger charge is -2.25. The van der Waals surface area contributed by atoms with Crippen LogP contribution in [0.5, 0.6) is 5.75 Å². The van der Waals surface area contributed by atoms with E-state index < -0.39 is 11.9 Å². The van der Waals surface area contributed by atoms with E-state index >= 15 is 0 Å². The standard InChI is InChI=1S/C30H27NO5/c1-5-13-35-23-8-6-7-21(16-23)27-26-28(33)24-14-17(2)18(3)15-25(24)36-29(26)30(34)31(27)22-11-9-20(10-12-22)19(4)32/h6-12,14-16,27H,5,13H2,1-4H3. The number of nitrogens with zero attached hydrogens (tertiary/aromatic N) is 1. The van der Waals surface area contributed by atoms with Crippen LogP contribution < -0.4 is 15.1 Å². The zero-order valence-electron chi connectivity index (χ0n) is 20.8. The summed E-state index contributed by atoms with van der Waals surface area (Å²) in [6, 6.07) is 17.2. The fourth-order valence-corrected chi connectivity index (χ4v) is 4.66. The highest BCUT2D eigenvalue weighted by molar-refractivity contribution is 6.11. The number of aryl methyl sites for hydroxylation is 2. The third-order valence-electron chi connectivity index (χ3n) is 6.69. The van der Waals surface area contributed by atoms with Crippen molar-refractivity contribution in [3.8, 4) is 5.75 Å². The number of fused-ring (bicyclic) bond motifs is 2. The molecule has 0 saturated heterocycles. The van der Waals surface area contributed by atoms with Gasteiger partial charge in [0.05, 0.1) is 23.6 Å². The highest BCUT2D eigenvalue weighted by Crippen LogP contribution is 2.42. The van der Waals surface area contributed by atoms with Crippen LogP contribution in [0.25, 0.3) is 11.0 Å².